The Kier molecular flexibility index (Phi) is 7.12. The maximum absolute atomic E-state index is 12.3. The first kappa shape index (κ1) is 22.2. The van der Waals surface area contributed by atoms with E-state index in [0.717, 1.165) is 11.1 Å². The number of anilines is 1. The highest BCUT2D eigenvalue weighted by molar-refractivity contribution is 7.99. The number of hydrogen-bond donors (Lipinski definition) is 1. The fourth-order valence-electron chi connectivity index (χ4n) is 3.15. The summed E-state index contributed by atoms with van der Waals surface area (Å²) in [5.74, 6) is 0.822. The number of carbonyl (C=O) groups excluding carboxylic acids is 2. The number of hydrogen-bond acceptors (Lipinski definition) is 5. The Morgan fingerprint density at radius 1 is 0.909 bits per heavy atom. The Labute approximate surface area is 196 Å². The van der Waals surface area contributed by atoms with Gasteiger partial charge in [0.2, 0.25) is 5.91 Å². The zero-order valence-corrected chi connectivity index (χ0v) is 18.8. The molecule has 33 heavy (non-hydrogen) atoms. The van der Waals surface area contributed by atoms with E-state index in [1.807, 2.05) is 96.5 Å². The van der Waals surface area contributed by atoms with Crippen molar-refractivity contribution in [1.29, 1.82) is 0 Å². The summed E-state index contributed by atoms with van der Waals surface area (Å²) < 4.78 is 1.86. The van der Waals surface area contributed by atoms with Crippen LogP contribution in [0.2, 0.25) is 0 Å². The molecule has 1 amide bonds. The highest BCUT2D eigenvalue weighted by Gasteiger charge is 2.14. The van der Waals surface area contributed by atoms with Crippen LogP contribution in [0.3, 0.4) is 0 Å². The second kappa shape index (κ2) is 10.6. The topological polar surface area (TPSA) is 76.9 Å². The third kappa shape index (κ3) is 5.84. The number of amides is 1. The van der Waals surface area contributed by atoms with Crippen molar-refractivity contribution >= 4 is 35.2 Å². The van der Waals surface area contributed by atoms with Crippen molar-refractivity contribution in [2.45, 2.75) is 5.16 Å². The number of aromatic nitrogens is 3. The van der Waals surface area contributed by atoms with E-state index < -0.39 is 0 Å². The van der Waals surface area contributed by atoms with Crippen molar-refractivity contribution < 1.29 is 9.59 Å². The molecule has 0 spiro atoms. The van der Waals surface area contributed by atoms with E-state index in [4.69, 9.17) is 0 Å². The van der Waals surface area contributed by atoms with Crippen LogP contribution in [-0.4, -0.2) is 32.2 Å². The van der Waals surface area contributed by atoms with E-state index in [1.165, 1.54) is 17.8 Å². The molecule has 0 bridgehead atoms. The summed E-state index contributed by atoms with van der Waals surface area (Å²) in [6.45, 7) is 0. The van der Waals surface area contributed by atoms with Gasteiger partial charge >= 0.3 is 0 Å². The summed E-state index contributed by atoms with van der Waals surface area (Å²) in [6.07, 6.45) is 3.27. The van der Waals surface area contributed by atoms with Gasteiger partial charge < -0.3 is 9.88 Å². The summed E-state index contributed by atoms with van der Waals surface area (Å²) in [5, 5.41) is 12.0. The molecule has 6 nitrogen and oxygen atoms in total. The van der Waals surface area contributed by atoms with Crippen LogP contribution in [-0.2, 0) is 11.8 Å². The Bertz CT molecular complexity index is 1270. The standard InChI is InChI=1S/C26H22N4O2S/c1-30-25(28-29-26(30)33-18-23(31)20-10-6-3-7-11-20)21-13-15-22(16-14-21)27-24(32)17-12-19-8-4-2-5-9-19/h2-17H,18H2,1H3,(H,27,32). The van der Waals surface area contributed by atoms with E-state index >= 15 is 0 Å². The van der Waals surface area contributed by atoms with Crippen LogP contribution in [0.15, 0.2) is 96.2 Å². The van der Waals surface area contributed by atoms with E-state index in [1.54, 1.807) is 6.08 Å². The van der Waals surface area contributed by atoms with Crippen molar-refractivity contribution in [3.05, 3.63) is 102 Å². The highest BCUT2D eigenvalue weighted by atomic mass is 32.2. The zero-order valence-electron chi connectivity index (χ0n) is 18.0. The van der Waals surface area contributed by atoms with Gasteiger partial charge in [0.05, 0.1) is 5.75 Å². The molecule has 0 fully saturated rings. The van der Waals surface area contributed by atoms with Gasteiger partial charge in [0.15, 0.2) is 16.8 Å². The Morgan fingerprint density at radius 3 is 2.27 bits per heavy atom. The Balaban J connectivity index is 1.37. The lowest BCUT2D eigenvalue weighted by Crippen LogP contribution is -2.07. The SMILES string of the molecule is Cn1c(SCC(=O)c2ccccc2)nnc1-c1ccc(NC(=O)C=Cc2ccccc2)cc1. The molecule has 1 heterocycles. The predicted octanol–water partition coefficient (Wildman–Crippen LogP) is 5.11. The van der Waals surface area contributed by atoms with Crippen molar-refractivity contribution in [2.75, 3.05) is 11.1 Å². The van der Waals surface area contributed by atoms with Gasteiger partial charge in [-0.25, -0.2) is 0 Å². The minimum Gasteiger partial charge on any atom is -0.323 e. The predicted molar refractivity (Wildman–Crippen MR) is 132 cm³/mol. The van der Waals surface area contributed by atoms with Crippen LogP contribution < -0.4 is 5.32 Å². The molecule has 1 N–H and O–H groups in total. The number of carbonyl (C=O) groups is 2. The largest absolute Gasteiger partial charge is 0.323 e. The van der Waals surface area contributed by atoms with Crippen LogP contribution in [0.5, 0.6) is 0 Å². The van der Waals surface area contributed by atoms with Gasteiger partial charge in [-0.05, 0) is 35.9 Å². The van der Waals surface area contributed by atoms with Crippen LogP contribution >= 0.6 is 11.8 Å². The summed E-state index contributed by atoms with van der Waals surface area (Å²) in [7, 11) is 1.87. The second-order valence-corrected chi connectivity index (χ2v) is 8.20. The molecule has 0 atom stereocenters. The third-order valence-electron chi connectivity index (χ3n) is 4.90. The molecule has 1 aromatic heterocycles. The van der Waals surface area contributed by atoms with E-state index in [2.05, 4.69) is 15.5 Å². The van der Waals surface area contributed by atoms with Gasteiger partial charge in [-0.1, -0.05) is 72.4 Å². The molecule has 0 saturated heterocycles. The number of nitrogens with one attached hydrogen (secondary N) is 1. The number of rotatable bonds is 8. The fraction of sp³-hybridized carbons (Fsp3) is 0.0769. The molecule has 0 aliphatic rings. The van der Waals surface area contributed by atoms with Gasteiger partial charge in [-0.3, -0.25) is 9.59 Å². The number of nitrogens with zero attached hydrogens (tertiary/aromatic N) is 3. The number of benzene rings is 3. The Hall–Kier alpha value is -3.97. The lowest BCUT2D eigenvalue weighted by atomic mass is 10.2. The van der Waals surface area contributed by atoms with Gasteiger partial charge in [0, 0.05) is 29.9 Å². The first-order valence-corrected chi connectivity index (χ1v) is 11.3. The molecule has 0 saturated carbocycles. The smallest absolute Gasteiger partial charge is 0.248 e. The van der Waals surface area contributed by atoms with E-state index in [9.17, 15) is 9.59 Å². The van der Waals surface area contributed by atoms with Gasteiger partial charge in [0.25, 0.3) is 0 Å². The summed E-state index contributed by atoms with van der Waals surface area (Å²) in [5.41, 5.74) is 3.20. The normalized spacial score (nSPS) is 10.9. The van der Waals surface area contributed by atoms with Crippen LogP contribution in [0.1, 0.15) is 15.9 Å². The first-order valence-electron chi connectivity index (χ1n) is 10.3. The molecule has 164 valence electrons. The van der Waals surface area contributed by atoms with Crippen molar-refractivity contribution in [3.8, 4) is 11.4 Å². The van der Waals surface area contributed by atoms with Crippen LogP contribution in [0.4, 0.5) is 5.69 Å². The molecule has 4 rings (SSSR count). The lowest BCUT2D eigenvalue weighted by molar-refractivity contribution is -0.111. The average molecular weight is 455 g/mol. The van der Waals surface area contributed by atoms with E-state index in [0.29, 0.717) is 22.2 Å². The average Bonchev–Trinajstić information content (AvgIpc) is 3.23. The van der Waals surface area contributed by atoms with Crippen molar-refractivity contribution in [3.63, 3.8) is 0 Å². The number of Topliss-reactive ketones (excluding diaryl/α,β-unsaturated/α-hetero) is 1. The van der Waals surface area contributed by atoms with Gasteiger partial charge in [-0.2, -0.15) is 0 Å². The minimum absolute atomic E-state index is 0.0477. The number of thioether (sulfide) groups is 1. The molecule has 3 aromatic carbocycles. The van der Waals surface area contributed by atoms with Crippen LogP contribution in [0, 0.1) is 0 Å². The number of ketones is 1. The second-order valence-electron chi connectivity index (χ2n) is 7.25. The third-order valence-corrected chi connectivity index (χ3v) is 5.92. The summed E-state index contributed by atoms with van der Waals surface area (Å²) in [6, 6.07) is 26.3. The molecule has 4 aromatic rings. The van der Waals surface area contributed by atoms with E-state index in [-0.39, 0.29) is 17.4 Å². The molecule has 0 radical (unpaired) electrons. The van der Waals surface area contributed by atoms with Crippen molar-refractivity contribution in [2.24, 2.45) is 7.05 Å². The first-order chi connectivity index (χ1) is 16.1. The summed E-state index contributed by atoms with van der Waals surface area (Å²) in [4.78, 5) is 24.5. The van der Waals surface area contributed by atoms with Gasteiger partial charge in [0.1, 0.15) is 0 Å². The molecular formula is C26H22N4O2S. The molecule has 0 aliphatic heterocycles. The zero-order chi connectivity index (χ0) is 23.0. The van der Waals surface area contributed by atoms with Gasteiger partial charge in [-0.15, -0.1) is 10.2 Å². The minimum atomic E-state index is -0.202. The fourth-order valence-corrected chi connectivity index (χ4v) is 3.96. The monoisotopic (exact) mass is 454 g/mol. The maximum Gasteiger partial charge on any atom is 0.248 e. The highest BCUT2D eigenvalue weighted by Crippen LogP contribution is 2.24. The molecule has 0 aliphatic carbocycles. The van der Waals surface area contributed by atoms with Crippen LogP contribution in [0.25, 0.3) is 17.5 Å². The lowest BCUT2D eigenvalue weighted by Gasteiger charge is -2.06. The maximum atomic E-state index is 12.3. The molecular weight excluding hydrogens is 432 g/mol. The summed E-state index contributed by atoms with van der Waals surface area (Å²) >= 11 is 1.36. The van der Waals surface area contributed by atoms with Crippen molar-refractivity contribution in [1.82, 2.24) is 14.8 Å². The quantitative estimate of drug-likeness (QED) is 0.227. The Morgan fingerprint density at radius 2 is 1.58 bits per heavy atom. The molecule has 0 unspecified atom stereocenters. The molecule has 7 heteroatoms.